The summed E-state index contributed by atoms with van der Waals surface area (Å²) in [4.78, 5) is 26.7. The highest BCUT2D eigenvalue weighted by Gasteiger charge is 2.41. The maximum atomic E-state index is 13.9. The van der Waals surface area contributed by atoms with Crippen LogP contribution in [0.3, 0.4) is 0 Å². The van der Waals surface area contributed by atoms with Gasteiger partial charge in [-0.05, 0) is 63.3 Å². The molecule has 0 radical (unpaired) electrons. The maximum absolute atomic E-state index is 13.9. The van der Waals surface area contributed by atoms with E-state index in [1.807, 2.05) is 92.3 Å². The number of nitrogens with one attached hydrogen (secondary N) is 1. The minimum atomic E-state index is -1.24. The highest BCUT2D eigenvalue weighted by atomic mass is 28.3. The second-order valence-electron chi connectivity index (χ2n) is 15.0. The highest BCUT2D eigenvalue weighted by molar-refractivity contribution is 6.76. The molecule has 3 heterocycles. The Balaban J connectivity index is 1.43. The number of carbonyl (C=O) groups excluding carboxylic acids is 1. The second-order valence-corrected chi connectivity index (χ2v) is 20.7. The highest BCUT2D eigenvalue weighted by Crippen LogP contribution is 2.45. The van der Waals surface area contributed by atoms with Crippen LogP contribution in [0.4, 0.5) is 4.79 Å². The van der Waals surface area contributed by atoms with Gasteiger partial charge in [-0.25, -0.2) is 9.48 Å². The van der Waals surface area contributed by atoms with Crippen molar-refractivity contribution in [1.29, 1.82) is 0 Å². The average Bonchev–Trinajstić information content (AvgIpc) is 3.64. The number of aromatic nitrogens is 3. The molecular formula is C38H46N4O5Si. The van der Waals surface area contributed by atoms with E-state index in [0.29, 0.717) is 30.1 Å². The topological polar surface area (TPSA) is 101 Å². The maximum Gasteiger partial charge on any atom is 0.408 e. The molecule has 3 aromatic heterocycles. The number of amides is 1. The van der Waals surface area contributed by atoms with Gasteiger partial charge in [-0.1, -0.05) is 74.2 Å². The van der Waals surface area contributed by atoms with Gasteiger partial charge in [0.05, 0.1) is 22.2 Å². The van der Waals surface area contributed by atoms with Crippen molar-refractivity contribution in [1.82, 2.24) is 19.7 Å². The average molecular weight is 667 g/mol. The van der Waals surface area contributed by atoms with Gasteiger partial charge < -0.3 is 23.8 Å². The van der Waals surface area contributed by atoms with E-state index in [2.05, 4.69) is 30.1 Å². The Kier molecular flexibility index (Phi) is 8.99. The molecule has 1 aliphatic carbocycles. The van der Waals surface area contributed by atoms with E-state index >= 15 is 0 Å². The van der Waals surface area contributed by atoms with Gasteiger partial charge in [0, 0.05) is 45.2 Å². The molecule has 1 fully saturated rings. The minimum absolute atomic E-state index is 0.147. The lowest BCUT2D eigenvalue weighted by molar-refractivity contribution is 0.0377. The second kappa shape index (κ2) is 12.9. The van der Waals surface area contributed by atoms with Crippen molar-refractivity contribution in [2.24, 2.45) is 7.05 Å². The summed E-state index contributed by atoms with van der Waals surface area (Å²) in [6.45, 7) is 13.6. The molecule has 9 nitrogen and oxygen atoms in total. The fourth-order valence-electron chi connectivity index (χ4n) is 6.23. The fourth-order valence-corrected chi connectivity index (χ4v) is 6.98. The molecule has 0 unspecified atom stereocenters. The van der Waals surface area contributed by atoms with E-state index < -0.39 is 25.3 Å². The summed E-state index contributed by atoms with van der Waals surface area (Å²) >= 11 is 0. The third-order valence-electron chi connectivity index (χ3n) is 8.92. The summed E-state index contributed by atoms with van der Waals surface area (Å²) in [5.41, 5.74) is 4.32. The first-order chi connectivity index (χ1) is 22.7. The molecule has 0 aliphatic heterocycles. The molecular weight excluding hydrogens is 621 g/mol. The number of hydrogen-bond donors (Lipinski definition) is 1. The van der Waals surface area contributed by atoms with Crippen LogP contribution < -0.4 is 10.9 Å². The van der Waals surface area contributed by atoms with Crippen LogP contribution in [0.5, 0.6) is 0 Å². The SMILES string of the molecule is Cn1cc(-c2ccnn2COCC[Si](C)(C)C)c2oc(-c3ccc(C4(NC(=O)OC(C)(C)C)CCC4)cc3)c(-c3ccccc3)c2c1=O. The largest absolute Gasteiger partial charge is 0.454 e. The zero-order valence-electron chi connectivity index (χ0n) is 29.1. The van der Waals surface area contributed by atoms with Crippen LogP contribution >= 0.6 is 0 Å². The summed E-state index contributed by atoms with van der Waals surface area (Å²) in [6.07, 6.45) is 5.83. The number of furan rings is 1. The molecule has 5 aromatic rings. The Labute approximate surface area is 282 Å². The van der Waals surface area contributed by atoms with E-state index in [0.717, 1.165) is 58.8 Å². The van der Waals surface area contributed by atoms with Crippen LogP contribution in [0, 0.1) is 0 Å². The Hall–Kier alpha value is -4.41. The van der Waals surface area contributed by atoms with Gasteiger partial charge in [0.2, 0.25) is 0 Å². The summed E-state index contributed by atoms with van der Waals surface area (Å²) in [5, 5.41) is 8.20. The summed E-state index contributed by atoms with van der Waals surface area (Å²) in [5.74, 6) is 0.604. The van der Waals surface area contributed by atoms with Crippen LogP contribution in [-0.4, -0.2) is 40.7 Å². The quantitative estimate of drug-likeness (QED) is 0.118. The number of pyridine rings is 1. The first-order valence-corrected chi connectivity index (χ1v) is 20.4. The molecule has 2 aromatic carbocycles. The Morgan fingerprint density at radius 2 is 1.73 bits per heavy atom. The Morgan fingerprint density at radius 1 is 1.02 bits per heavy atom. The van der Waals surface area contributed by atoms with Gasteiger partial charge >= 0.3 is 6.09 Å². The third-order valence-corrected chi connectivity index (χ3v) is 10.6. The van der Waals surface area contributed by atoms with E-state index in [-0.39, 0.29) is 5.56 Å². The van der Waals surface area contributed by atoms with Gasteiger partial charge in [-0.2, -0.15) is 5.10 Å². The molecule has 0 spiro atoms. The number of rotatable bonds is 10. The number of carbonyl (C=O) groups is 1. The van der Waals surface area contributed by atoms with Crippen molar-refractivity contribution >= 4 is 25.1 Å². The number of aryl methyl sites for hydroxylation is 1. The molecule has 1 N–H and O–H groups in total. The van der Waals surface area contributed by atoms with Crippen LogP contribution in [-0.2, 0) is 28.8 Å². The number of ether oxygens (including phenoxy) is 2. The molecule has 252 valence electrons. The lowest BCUT2D eigenvalue weighted by Crippen LogP contribution is -2.52. The molecule has 48 heavy (non-hydrogen) atoms. The molecule has 1 saturated carbocycles. The van der Waals surface area contributed by atoms with Crippen molar-refractivity contribution in [2.75, 3.05) is 6.61 Å². The summed E-state index contributed by atoms with van der Waals surface area (Å²) < 4.78 is 21.8. The first kappa shape index (κ1) is 33.5. The first-order valence-electron chi connectivity index (χ1n) is 16.7. The summed E-state index contributed by atoms with van der Waals surface area (Å²) in [6, 6.07) is 21.0. The van der Waals surface area contributed by atoms with Crippen LogP contribution in [0.1, 0.15) is 45.6 Å². The van der Waals surface area contributed by atoms with Crippen molar-refractivity contribution < 1.29 is 18.7 Å². The predicted octanol–water partition coefficient (Wildman–Crippen LogP) is 8.55. The van der Waals surface area contributed by atoms with Crippen molar-refractivity contribution in [3.63, 3.8) is 0 Å². The lowest BCUT2D eigenvalue weighted by atomic mass is 9.71. The van der Waals surface area contributed by atoms with Gasteiger partial charge in [0.15, 0.2) is 5.58 Å². The number of benzene rings is 2. The lowest BCUT2D eigenvalue weighted by Gasteiger charge is -2.43. The monoisotopic (exact) mass is 666 g/mol. The third kappa shape index (κ3) is 6.91. The molecule has 10 heteroatoms. The molecule has 0 saturated heterocycles. The van der Waals surface area contributed by atoms with Gasteiger partial charge in [-0.15, -0.1) is 0 Å². The minimum Gasteiger partial charge on any atom is -0.454 e. The van der Waals surface area contributed by atoms with Gasteiger partial charge in [0.1, 0.15) is 18.1 Å². The molecule has 0 atom stereocenters. The predicted molar refractivity (Wildman–Crippen MR) is 193 cm³/mol. The Morgan fingerprint density at radius 3 is 2.35 bits per heavy atom. The van der Waals surface area contributed by atoms with Crippen LogP contribution in [0.15, 0.2) is 82.3 Å². The standard InChI is InChI=1S/C38H46N4O5Si/c1-37(2,3)47-36(44)40-38(19-11-20-38)28-16-14-27(15-17-28)33-31(26-12-9-8-10-13-26)32-34(46-33)29(24-41(4)35(32)43)30-18-21-39-42(30)25-45-22-23-48(5,6)7/h8-10,12-18,21,24H,11,19-20,22-23,25H2,1-7H3,(H,40,44). The van der Waals surface area contributed by atoms with Crippen molar-refractivity contribution in [3.05, 3.63) is 89.0 Å². The number of nitrogens with zero attached hydrogens (tertiary/aromatic N) is 3. The summed E-state index contributed by atoms with van der Waals surface area (Å²) in [7, 11) is 0.530. The Bertz CT molecular complexity index is 1970. The molecule has 0 bridgehead atoms. The normalized spacial score (nSPS) is 14.6. The fraction of sp³-hybridized carbons (Fsp3) is 0.395. The van der Waals surface area contributed by atoms with Crippen LogP contribution in [0.25, 0.3) is 44.7 Å². The molecule has 1 aliphatic rings. The van der Waals surface area contributed by atoms with Gasteiger partial charge in [-0.3, -0.25) is 4.79 Å². The van der Waals surface area contributed by atoms with Crippen molar-refractivity contribution in [3.8, 4) is 33.7 Å². The number of alkyl carbamates (subject to hydrolysis) is 1. The smallest absolute Gasteiger partial charge is 0.408 e. The van der Waals surface area contributed by atoms with Crippen LogP contribution in [0.2, 0.25) is 25.7 Å². The van der Waals surface area contributed by atoms with E-state index in [9.17, 15) is 9.59 Å². The van der Waals surface area contributed by atoms with E-state index in [1.54, 1.807) is 17.8 Å². The zero-order valence-corrected chi connectivity index (χ0v) is 30.1. The molecule has 6 rings (SSSR count). The van der Waals surface area contributed by atoms with E-state index in [1.165, 1.54) is 0 Å². The van der Waals surface area contributed by atoms with Crippen molar-refractivity contribution in [2.45, 2.75) is 83.6 Å². The zero-order chi connectivity index (χ0) is 34.3. The van der Waals surface area contributed by atoms with E-state index in [4.69, 9.17) is 13.9 Å². The van der Waals surface area contributed by atoms with Gasteiger partial charge in [0.25, 0.3) is 5.56 Å². The number of fused-ring (bicyclic) bond motifs is 1. The number of hydrogen-bond acceptors (Lipinski definition) is 6. The molecule has 1 amide bonds.